The second-order valence-electron chi connectivity index (χ2n) is 4.63. The Labute approximate surface area is 101 Å². The van der Waals surface area contributed by atoms with Gasteiger partial charge in [0.1, 0.15) is 0 Å². The Morgan fingerprint density at radius 3 is 1.71 bits per heavy atom. The molecule has 17 heavy (non-hydrogen) atoms. The molecule has 0 bridgehead atoms. The van der Waals surface area contributed by atoms with E-state index in [-0.39, 0.29) is 5.92 Å². The number of hydrogen-bond donors (Lipinski definition) is 0. The number of ether oxygens (including phenoxy) is 2. The van der Waals surface area contributed by atoms with E-state index in [1.54, 1.807) is 0 Å². The van der Waals surface area contributed by atoms with Crippen LogP contribution in [0, 0.1) is 11.3 Å². The quantitative estimate of drug-likeness (QED) is 0.689. The number of esters is 2. The van der Waals surface area contributed by atoms with E-state index >= 15 is 0 Å². The monoisotopic (exact) mass is 238 g/mol. The standard InChI is InChI=1S/C13H18O4/c1-8-6-9(11(14)16-4)13(2,3)10(7-8)12(15)17-5/h6-8H,1-5H3. The topological polar surface area (TPSA) is 52.6 Å². The molecule has 0 heterocycles. The number of methoxy groups -OCH3 is 2. The highest BCUT2D eigenvalue weighted by Crippen LogP contribution is 2.40. The molecule has 1 aliphatic rings. The average molecular weight is 238 g/mol. The molecular formula is C13H18O4. The van der Waals surface area contributed by atoms with Crippen molar-refractivity contribution in [1.82, 2.24) is 0 Å². The fourth-order valence-electron chi connectivity index (χ4n) is 2.00. The molecular weight excluding hydrogens is 220 g/mol. The normalized spacial score (nSPS) is 19.1. The van der Waals surface area contributed by atoms with Crippen molar-refractivity contribution in [3.63, 3.8) is 0 Å². The lowest BCUT2D eigenvalue weighted by Gasteiger charge is -2.32. The van der Waals surface area contributed by atoms with Gasteiger partial charge in [0.25, 0.3) is 0 Å². The fraction of sp³-hybridized carbons (Fsp3) is 0.538. The Balaban J connectivity index is 3.21. The zero-order chi connectivity index (χ0) is 13.2. The predicted molar refractivity (Wildman–Crippen MR) is 63.1 cm³/mol. The maximum absolute atomic E-state index is 11.7. The van der Waals surface area contributed by atoms with Crippen LogP contribution in [0.25, 0.3) is 0 Å². The van der Waals surface area contributed by atoms with Gasteiger partial charge in [0.2, 0.25) is 0 Å². The molecule has 4 nitrogen and oxygen atoms in total. The molecule has 0 unspecified atom stereocenters. The smallest absolute Gasteiger partial charge is 0.334 e. The van der Waals surface area contributed by atoms with E-state index in [9.17, 15) is 9.59 Å². The minimum atomic E-state index is -0.688. The maximum atomic E-state index is 11.7. The third-order valence-corrected chi connectivity index (χ3v) is 3.02. The Kier molecular flexibility index (Phi) is 3.76. The van der Waals surface area contributed by atoms with Gasteiger partial charge in [-0.05, 0) is 5.92 Å². The molecule has 0 aromatic carbocycles. The average Bonchev–Trinajstić information content (AvgIpc) is 2.29. The highest BCUT2D eigenvalue weighted by atomic mass is 16.5. The second-order valence-corrected chi connectivity index (χ2v) is 4.63. The molecule has 1 aliphatic carbocycles. The van der Waals surface area contributed by atoms with Gasteiger partial charge in [0.05, 0.1) is 14.2 Å². The minimum absolute atomic E-state index is 0.00576. The molecule has 0 atom stereocenters. The van der Waals surface area contributed by atoms with Crippen molar-refractivity contribution < 1.29 is 19.1 Å². The van der Waals surface area contributed by atoms with Crippen LogP contribution < -0.4 is 0 Å². The van der Waals surface area contributed by atoms with Gasteiger partial charge >= 0.3 is 11.9 Å². The SMILES string of the molecule is COC(=O)C1=CC(C)C=C(C(=O)OC)C1(C)C. The molecule has 0 fully saturated rings. The summed E-state index contributed by atoms with van der Waals surface area (Å²) in [6.45, 7) is 5.52. The molecule has 94 valence electrons. The van der Waals surface area contributed by atoms with Gasteiger partial charge in [-0.3, -0.25) is 0 Å². The Hall–Kier alpha value is -1.58. The second kappa shape index (κ2) is 4.73. The van der Waals surface area contributed by atoms with Crippen LogP contribution in [0.5, 0.6) is 0 Å². The summed E-state index contributed by atoms with van der Waals surface area (Å²) in [6, 6.07) is 0. The van der Waals surface area contributed by atoms with Crippen LogP contribution in [-0.4, -0.2) is 26.2 Å². The highest BCUT2D eigenvalue weighted by Gasteiger charge is 2.39. The lowest BCUT2D eigenvalue weighted by atomic mass is 9.71. The number of allylic oxidation sites excluding steroid dienone is 2. The Morgan fingerprint density at radius 1 is 1.06 bits per heavy atom. The number of carbonyl (C=O) groups is 2. The van der Waals surface area contributed by atoms with Crippen LogP contribution in [0.4, 0.5) is 0 Å². The van der Waals surface area contributed by atoms with E-state index < -0.39 is 17.4 Å². The van der Waals surface area contributed by atoms with Gasteiger partial charge in [0, 0.05) is 16.6 Å². The van der Waals surface area contributed by atoms with E-state index in [4.69, 9.17) is 9.47 Å². The molecule has 0 spiro atoms. The summed E-state index contributed by atoms with van der Waals surface area (Å²) in [5, 5.41) is 0. The Morgan fingerprint density at radius 2 is 1.41 bits per heavy atom. The first-order chi connectivity index (χ1) is 7.84. The van der Waals surface area contributed by atoms with Crippen LogP contribution >= 0.6 is 0 Å². The third kappa shape index (κ3) is 2.40. The molecule has 0 aromatic heterocycles. The van der Waals surface area contributed by atoms with Crippen molar-refractivity contribution in [1.29, 1.82) is 0 Å². The van der Waals surface area contributed by atoms with Crippen LogP contribution in [-0.2, 0) is 19.1 Å². The molecule has 1 rings (SSSR count). The fourth-order valence-corrected chi connectivity index (χ4v) is 2.00. The molecule has 0 saturated heterocycles. The highest BCUT2D eigenvalue weighted by molar-refractivity contribution is 5.98. The molecule has 0 saturated carbocycles. The van der Waals surface area contributed by atoms with E-state index in [0.717, 1.165) is 0 Å². The summed E-state index contributed by atoms with van der Waals surface area (Å²) in [6.07, 6.45) is 3.64. The summed E-state index contributed by atoms with van der Waals surface area (Å²) in [4.78, 5) is 23.4. The lowest BCUT2D eigenvalue weighted by Crippen LogP contribution is -2.32. The zero-order valence-electron chi connectivity index (χ0n) is 10.9. The third-order valence-electron chi connectivity index (χ3n) is 3.02. The molecule has 4 heteroatoms. The van der Waals surface area contributed by atoms with E-state index in [0.29, 0.717) is 11.1 Å². The summed E-state index contributed by atoms with van der Waals surface area (Å²) >= 11 is 0. The van der Waals surface area contributed by atoms with Crippen LogP contribution in [0.2, 0.25) is 0 Å². The summed E-state index contributed by atoms with van der Waals surface area (Å²) in [5.41, 5.74) is 0.304. The predicted octanol–water partition coefficient (Wildman–Crippen LogP) is 1.86. The zero-order valence-corrected chi connectivity index (χ0v) is 10.9. The van der Waals surface area contributed by atoms with Crippen LogP contribution in [0.15, 0.2) is 23.3 Å². The molecule has 0 aromatic rings. The molecule has 0 radical (unpaired) electrons. The van der Waals surface area contributed by atoms with Gasteiger partial charge < -0.3 is 9.47 Å². The summed E-state index contributed by atoms with van der Waals surface area (Å²) in [7, 11) is 2.67. The summed E-state index contributed by atoms with van der Waals surface area (Å²) in [5.74, 6) is -0.807. The first-order valence-corrected chi connectivity index (χ1v) is 5.45. The number of hydrogen-bond acceptors (Lipinski definition) is 4. The van der Waals surface area contributed by atoms with Crippen molar-refractivity contribution in [3.8, 4) is 0 Å². The van der Waals surface area contributed by atoms with Gasteiger partial charge in [-0.2, -0.15) is 0 Å². The molecule has 0 amide bonds. The Bertz CT molecular complexity index is 366. The van der Waals surface area contributed by atoms with Crippen molar-refractivity contribution in [3.05, 3.63) is 23.3 Å². The van der Waals surface area contributed by atoms with Gasteiger partial charge in [-0.15, -0.1) is 0 Å². The van der Waals surface area contributed by atoms with Crippen molar-refractivity contribution in [2.24, 2.45) is 11.3 Å². The largest absolute Gasteiger partial charge is 0.466 e. The van der Waals surface area contributed by atoms with Gasteiger partial charge in [0.15, 0.2) is 0 Å². The number of carbonyl (C=O) groups excluding carboxylic acids is 2. The first-order valence-electron chi connectivity index (χ1n) is 5.45. The van der Waals surface area contributed by atoms with Crippen molar-refractivity contribution in [2.45, 2.75) is 20.8 Å². The van der Waals surface area contributed by atoms with Crippen LogP contribution in [0.1, 0.15) is 20.8 Å². The van der Waals surface area contributed by atoms with Gasteiger partial charge in [-0.25, -0.2) is 9.59 Å². The summed E-state index contributed by atoms with van der Waals surface area (Å²) < 4.78 is 9.50. The van der Waals surface area contributed by atoms with Gasteiger partial charge in [-0.1, -0.05) is 32.9 Å². The first kappa shape index (κ1) is 13.5. The van der Waals surface area contributed by atoms with Crippen LogP contribution in [0.3, 0.4) is 0 Å². The number of rotatable bonds is 2. The molecule has 0 N–H and O–H groups in total. The van der Waals surface area contributed by atoms with E-state index in [2.05, 4.69) is 0 Å². The van der Waals surface area contributed by atoms with E-state index in [1.165, 1.54) is 14.2 Å². The molecule has 0 aliphatic heterocycles. The maximum Gasteiger partial charge on any atom is 0.334 e. The lowest BCUT2D eigenvalue weighted by molar-refractivity contribution is -0.138. The minimum Gasteiger partial charge on any atom is -0.466 e. The van der Waals surface area contributed by atoms with E-state index in [1.807, 2.05) is 32.9 Å². The van der Waals surface area contributed by atoms with Crippen molar-refractivity contribution >= 4 is 11.9 Å². The van der Waals surface area contributed by atoms with Crippen molar-refractivity contribution in [2.75, 3.05) is 14.2 Å².